The molecule has 0 unspecified atom stereocenters. The summed E-state index contributed by atoms with van der Waals surface area (Å²) in [4.78, 5) is 29.1. The number of carbonyl (C=O) groups excluding carboxylic acids is 1. The van der Waals surface area contributed by atoms with Gasteiger partial charge in [0, 0.05) is 13.0 Å². The molecule has 0 saturated carbocycles. The Kier molecular flexibility index (Phi) is 5.31. The van der Waals surface area contributed by atoms with E-state index in [1.165, 1.54) is 16.7 Å². The Morgan fingerprint density at radius 1 is 1.22 bits per heavy atom. The highest BCUT2D eigenvalue weighted by Crippen LogP contribution is 2.22. The van der Waals surface area contributed by atoms with Crippen LogP contribution in [0.25, 0.3) is 0 Å². The quantitative estimate of drug-likeness (QED) is 0.565. The van der Waals surface area contributed by atoms with Gasteiger partial charge in [0.15, 0.2) is 5.56 Å². The van der Waals surface area contributed by atoms with E-state index in [-0.39, 0.29) is 11.5 Å². The van der Waals surface area contributed by atoms with Crippen molar-refractivity contribution in [3.63, 3.8) is 0 Å². The maximum Gasteiger partial charge on any atom is 0.349 e. The van der Waals surface area contributed by atoms with Gasteiger partial charge in [0.1, 0.15) is 10.7 Å². The summed E-state index contributed by atoms with van der Waals surface area (Å²) in [5, 5.41) is 0. The zero-order chi connectivity index (χ0) is 19.6. The number of aromatic nitrogens is 2. The number of benzene rings is 1. The maximum atomic E-state index is 12.8. The van der Waals surface area contributed by atoms with Gasteiger partial charge >= 0.3 is 16.1 Å². The molecule has 9 heteroatoms. The minimum absolute atomic E-state index is 0.0319. The molecule has 1 aliphatic heterocycles. The molecule has 0 N–H and O–H groups in total. The van der Waals surface area contributed by atoms with E-state index in [0.29, 0.717) is 18.8 Å². The number of hydrogen-bond donors (Lipinski definition) is 0. The molecule has 1 aromatic heterocycles. The standard InChI is InChI=1S/C18H20N2O6S/c1-3-25-18(22)15-16(19-14-6-4-5-11-20(14)17(15)21)26-27(23,24)13-9-7-12(2)8-10-13/h7-10H,3-6,11H2,1-2H3. The summed E-state index contributed by atoms with van der Waals surface area (Å²) in [7, 11) is -4.26. The second-order valence-electron chi connectivity index (χ2n) is 6.19. The van der Waals surface area contributed by atoms with Crippen molar-refractivity contribution in [2.75, 3.05) is 6.61 Å². The fourth-order valence-electron chi connectivity index (χ4n) is 2.85. The number of aryl methyl sites for hydroxylation is 2. The second kappa shape index (κ2) is 7.51. The summed E-state index contributed by atoms with van der Waals surface area (Å²) in [6, 6.07) is 6.02. The number of fused-ring (bicyclic) bond motifs is 1. The Hall–Kier alpha value is -2.68. The van der Waals surface area contributed by atoms with Gasteiger partial charge < -0.3 is 8.92 Å². The highest BCUT2D eigenvalue weighted by Gasteiger charge is 2.29. The highest BCUT2D eigenvalue weighted by molar-refractivity contribution is 7.87. The third-order valence-corrected chi connectivity index (χ3v) is 5.45. The van der Waals surface area contributed by atoms with Crippen LogP contribution in [0, 0.1) is 6.92 Å². The molecule has 0 aliphatic carbocycles. The normalized spacial score (nSPS) is 13.7. The van der Waals surface area contributed by atoms with Gasteiger partial charge in [-0.05, 0) is 38.8 Å². The van der Waals surface area contributed by atoms with E-state index in [4.69, 9.17) is 8.92 Å². The summed E-state index contributed by atoms with van der Waals surface area (Å²) in [6.07, 6.45) is 2.09. The molecule has 0 amide bonds. The first-order valence-electron chi connectivity index (χ1n) is 8.65. The predicted molar refractivity (Wildman–Crippen MR) is 96.4 cm³/mol. The van der Waals surface area contributed by atoms with Gasteiger partial charge in [0.05, 0.1) is 6.61 Å². The molecule has 0 bridgehead atoms. The second-order valence-corrected chi connectivity index (χ2v) is 7.74. The third kappa shape index (κ3) is 3.87. The van der Waals surface area contributed by atoms with Crippen LogP contribution in [-0.2, 0) is 27.8 Å². The molecule has 1 aliphatic rings. The minimum atomic E-state index is -4.26. The SMILES string of the molecule is CCOC(=O)c1c(OS(=O)(=O)c2ccc(C)cc2)nc2n(c1=O)CCCC2. The summed E-state index contributed by atoms with van der Waals surface area (Å²) in [5.41, 5.74) is -0.267. The van der Waals surface area contributed by atoms with Crippen LogP contribution in [0.5, 0.6) is 5.88 Å². The molecule has 3 rings (SSSR count). The molecule has 2 aromatic rings. The van der Waals surface area contributed by atoms with E-state index in [0.717, 1.165) is 18.4 Å². The first-order valence-corrected chi connectivity index (χ1v) is 10.1. The predicted octanol–water partition coefficient (Wildman–Crippen LogP) is 1.83. The Morgan fingerprint density at radius 2 is 1.93 bits per heavy atom. The molecule has 8 nitrogen and oxygen atoms in total. The Bertz CT molecular complexity index is 1030. The molecule has 2 heterocycles. The molecule has 144 valence electrons. The van der Waals surface area contributed by atoms with Gasteiger partial charge in [0.25, 0.3) is 11.4 Å². The van der Waals surface area contributed by atoms with E-state index in [1.54, 1.807) is 19.1 Å². The number of esters is 1. The van der Waals surface area contributed by atoms with E-state index in [2.05, 4.69) is 4.98 Å². The smallest absolute Gasteiger partial charge is 0.349 e. The van der Waals surface area contributed by atoms with Gasteiger partial charge in [-0.2, -0.15) is 13.4 Å². The molecule has 0 radical (unpaired) electrons. The average molecular weight is 392 g/mol. The molecule has 27 heavy (non-hydrogen) atoms. The lowest BCUT2D eigenvalue weighted by atomic mass is 10.1. The van der Waals surface area contributed by atoms with Crippen LogP contribution in [0.4, 0.5) is 0 Å². The van der Waals surface area contributed by atoms with Crippen LogP contribution in [0.1, 0.15) is 41.5 Å². The minimum Gasteiger partial charge on any atom is -0.462 e. The van der Waals surface area contributed by atoms with Gasteiger partial charge in [0.2, 0.25) is 0 Å². The lowest BCUT2D eigenvalue weighted by Gasteiger charge is -2.19. The van der Waals surface area contributed by atoms with Crippen molar-refractivity contribution in [3.8, 4) is 5.88 Å². The van der Waals surface area contributed by atoms with Crippen molar-refractivity contribution in [3.05, 3.63) is 51.6 Å². The maximum absolute atomic E-state index is 12.8. The molecular formula is C18H20N2O6S. The highest BCUT2D eigenvalue weighted by atomic mass is 32.2. The number of ether oxygens (including phenoxy) is 1. The number of hydrogen-bond acceptors (Lipinski definition) is 7. The Balaban J connectivity index is 2.10. The zero-order valence-corrected chi connectivity index (χ0v) is 15.9. The topological polar surface area (TPSA) is 105 Å². The van der Waals surface area contributed by atoms with Crippen LogP contribution in [0.15, 0.2) is 34.0 Å². The van der Waals surface area contributed by atoms with Crippen LogP contribution >= 0.6 is 0 Å². The summed E-state index contributed by atoms with van der Waals surface area (Å²) < 4.78 is 36.6. The lowest BCUT2D eigenvalue weighted by Crippen LogP contribution is -2.34. The van der Waals surface area contributed by atoms with E-state index in [9.17, 15) is 18.0 Å². The fourth-order valence-corrected chi connectivity index (χ4v) is 3.74. The van der Waals surface area contributed by atoms with Crippen molar-refractivity contribution in [2.24, 2.45) is 0 Å². The zero-order valence-electron chi connectivity index (χ0n) is 15.1. The van der Waals surface area contributed by atoms with Crippen molar-refractivity contribution in [1.29, 1.82) is 0 Å². The Labute approximate surface area is 156 Å². The number of nitrogens with zero attached hydrogens (tertiary/aromatic N) is 2. The third-order valence-electron chi connectivity index (χ3n) is 4.23. The van der Waals surface area contributed by atoms with Crippen molar-refractivity contribution in [1.82, 2.24) is 9.55 Å². The largest absolute Gasteiger partial charge is 0.462 e. The van der Waals surface area contributed by atoms with Gasteiger partial charge in [-0.25, -0.2) is 4.79 Å². The summed E-state index contributed by atoms with van der Waals surface area (Å²) in [6.45, 7) is 3.86. The first-order chi connectivity index (χ1) is 12.8. The molecule has 0 atom stereocenters. The molecular weight excluding hydrogens is 372 g/mol. The van der Waals surface area contributed by atoms with Crippen LogP contribution in [-0.4, -0.2) is 30.5 Å². The summed E-state index contributed by atoms with van der Waals surface area (Å²) >= 11 is 0. The van der Waals surface area contributed by atoms with Crippen LogP contribution < -0.4 is 9.74 Å². The van der Waals surface area contributed by atoms with E-state index >= 15 is 0 Å². The van der Waals surface area contributed by atoms with Gasteiger partial charge in [-0.15, -0.1) is 0 Å². The van der Waals surface area contributed by atoms with Gasteiger partial charge in [-0.3, -0.25) is 9.36 Å². The fraction of sp³-hybridized carbons (Fsp3) is 0.389. The van der Waals surface area contributed by atoms with Crippen LogP contribution in [0.3, 0.4) is 0 Å². The van der Waals surface area contributed by atoms with Crippen LogP contribution in [0.2, 0.25) is 0 Å². The average Bonchev–Trinajstić information content (AvgIpc) is 2.62. The monoisotopic (exact) mass is 392 g/mol. The van der Waals surface area contributed by atoms with Crippen molar-refractivity contribution >= 4 is 16.1 Å². The Morgan fingerprint density at radius 3 is 2.59 bits per heavy atom. The van der Waals surface area contributed by atoms with E-state index < -0.39 is 33.1 Å². The van der Waals surface area contributed by atoms with Crippen molar-refractivity contribution in [2.45, 2.75) is 44.6 Å². The number of carbonyl (C=O) groups is 1. The number of rotatable bonds is 5. The molecule has 0 fully saturated rings. The van der Waals surface area contributed by atoms with Crippen molar-refractivity contribution < 1.29 is 22.1 Å². The van der Waals surface area contributed by atoms with Gasteiger partial charge in [-0.1, -0.05) is 17.7 Å². The lowest BCUT2D eigenvalue weighted by molar-refractivity contribution is 0.0520. The van der Waals surface area contributed by atoms with E-state index in [1.807, 2.05) is 6.92 Å². The molecule has 1 aromatic carbocycles. The summed E-state index contributed by atoms with van der Waals surface area (Å²) in [5.74, 6) is -1.09. The molecule has 0 spiro atoms. The molecule has 0 saturated heterocycles. The first kappa shape index (κ1) is 19.1.